The van der Waals surface area contributed by atoms with Crippen LogP contribution in [0.5, 0.6) is 0 Å². The van der Waals surface area contributed by atoms with Gasteiger partial charge in [0.1, 0.15) is 0 Å². The van der Waals surface area contributed by atoms with E-state index in [9.17, 15) is 8.78 Å². The third-order valence-electron chi connectivity index (χ3n) is 2.98. The van der Waals surface area contributed by atoms with Gasteiger partial charge in [0, 0.05) is 25.3 Å². The smallest absolute Gasteiger partial charge is 0.163 e. The standard InChI is InChI=1S/C15H23F2NO2/c1-3-8-18-14(7-9-20-11-10-19-2)12-5-4-6-13(16)15(12)17/h4-6,14,18H,3,7-11H2,1-2H3. The Hall–Kier alpha value is -1.04. The van der Waals surface area contributed by atoms with E-state index >= 15 is 0 Å². The van der Waals surface area contributed by atoms with E-state index in [2.05, 4.69) is 5.32 Å². The van der Waals surface area contributed by atoms with Crippen molar-refractivity contribution in [2.75, 3.05) is 33.5 Å². The average molecular weight is 287 g/mol. The molecule has 0 saturated carbocycles. The minimum atomic E-state index is -0.814. The van der Waals surface area contributed by atoms with Crippen molar-refractivity contribution in [1.82, 2.24) is 5.32 Å². The Bertz CT molecular complexity index is 388. The van der Waals surface area contributed by atoms with Crippen LogP contribution in [0.4, 0.5) is 8.78 Å². The van der Waals surface area contributed by atoms with Crippen molar-refractivity contribution in [2.24, 2.45) is 0 Å². The van der Waals surface area contributed by atoms with Gasteiger partial charge in [0.25, 0.3) is 0 Å². The van der Waals surface area contributed by atoms with Gasteiger partial charge in [0.15, 0.2) is 11.6 Å². The van der Waals surface area contributed by atoms with Crippen molar-refractivity contribution in [1.29, 1.82) is 0 Å². The Morgan fingerprint density at radius 2 is 2.00 bits per heavy atom. The predicted molar refractivity (Wildman–Crippen MR) is 74.7 cm³/mol. The van der Waals surface area contributed by atoms with E-state index in [1.54, 1.807) is 13.2 Å². The number of ether oxygens (including phenoxy) is 2. The molecule has 1 atom stereocenters. The zero-order valence-corrected chi connectivity index (χ0v) is 12.1. The fraction of sp³-hybridized carbons (Fsp3) is 0.600. The molecular formula is C15H23F2NO2. The predicted octanol–water partition coefficient (Wildman–Crippen LogP) is 3.06. The highest BCUT2D eigenvalue weighted by Crippen LogP contribution is 2.22. The van der Waals surface area contributed by atoms with Crippen LogP contribution in [-0.2, 0) is 9.47 Å². The van der Waals surface area contributed by atoms with Gasteiger partial charge < -0.3 is 14.8 Å². The summed E-state index contributed by atoms with van der Waals surface area (Å²) in [5, 5.41) is 3.23. The summed E-state index contributed by atoms with van der Waals surface area (Å²) in [6, 6.07) is 4.03. The minimum Gasteiger partial charge on any atom is -0.382 e. The number of hydrogen-bond donors (Lipinski definition) is 1. The van der Waals surface area contributed by atoms with Gasteiger partial charge >= 0.3 is 0 Å². The second-order valence-corrected chi connectivity index (χ2v) is 4.54. The molecule has 20 heavy (non-hydrogen) atoms. The van der Waals surface area contributed by atoms with Crippen molar-refractivity contribution < 1.29 is 18.3 Å². The van der Waals surface area contributed by atoms with Crippen molar-refractivity contribution in [3.8, 4) is 0 Å². The maximum atomic E-state index is 13.8. The van der Waals surface area contributed by atoms with Gasteiger partial charge in [0.05, 0.1) is 13.2 Å². The van der Waals surface area contributed by atoms with Gasteiger partial charge in [-0.1, -0.05) is 19.1 Å². The normalized spacial score (nSPS) is 12.6. The molecule has 0 aromatic heterocycles. The maximum Gasteiger partial charge on any atom is 0.163 e. The number of benzene rings is 1. The second-order valence-electron chi connectivity index (χ2n) is 4.54. The summed E-state index contributed by atoms with van der Waals surface area (Å²) < 4.78 is 37.4. The van der Waals surface area contributed by atoms with E-state index in [-0.39, 0.29) is 6.04 Å². The van der Waals surface area contributed by atoms with Crippen molar-refractivity contribution >= 4 is 0 Å². The molecular weight excluding hydrogens is 264 g/mol. The lowest BCUT2D eigenvalue weighted by molar-refractivity contribution is 0.0656. The lowest BCUT2D eigenvalue weighted by atomic mass is 10.0. The largest absolute Gasteiger partial charge is 0.382 e. The Kier molecular flexibility index (Phi) is 8.34. The number of rotatable bonds is 10. The Balaban J connectivity index is 2.61. The lowest BCUT2D eigenvalue weighted by Crippen LogP contribution is -2.25. The van der Waals surface area contributed by atoms with E-state index in [0.29, 0.717) is 31.8 Å². The third-order valence-corrected chi connectivity index (χ3v) is 2.98. The second kappa shape index (κ2) is 9.80. The van der Waals surface area contributed by atoms with E-state index in [1.807, 2.05) is 6.92 Å². The molecule has 1 rings (SSSR count). The van der Waals surface area contributed by atoms with Gasteiger partial charge in [-0.15, -0.1) is 0 Å². The lowest BCUT2D eigenvalue weighted by Gasteiger charge is -2.19. The molecule has 114 valence electrons. The monoisotopic (exact) mass is 287 g/mol. The van der Waals surface area contributed by atoms with Gasteiger partial charge in [-0.05, 0) is 25.5 Å². The summed E-state index contributed by atoms with van der Waals surface area (Å²) in [6.45, 7) is 4.28. The Morgan fingerprint density at radius 1 is 1.20 bits per heavy atom. The van der Waals surface area contributed by atoms with Gasteiger partial charge in [-0.25, -0.2) is 8.78 Å². The molecule has 0 aliphatic carbocycles. The number of halogens is 2. The summed E-state index contributed by atoms with van der Waals surface area (Å²) in [7, 11) is 1.61. The Labute approximate surface area is 119 Å². The van der Waals surface area contributed by atoms with Crippen LogP contribution in [0, 0.1) is 11.6 Å². The van der Waals surface area contributed by atoms with Crippen LogP contribution in [0.1, 0.15) is 31.4 Å². The van der Waals surface area contributed by atoms with Crippen LogP contribution < -0.4 is 5.32 Å². The van der Waals surface area contributed by atoms with Crippen LogP contribution in [0.2, 0.25) is 0 Å². The zero-order chi connectivity index (χ0) is 14.8. The molecule has 0 spiro atoms. The first-order valence-electron chi connectivity index (χ1n) is 6.94. The SMILES string of the molecule is CCCNC(CCOCCOC)c1cccc(F)c1F. The molecule has 0 saturated heterocycles. The molecule has 5 heteroatoms. The molecule has 0 bridgehead atoms. The molecule has 0 amide bonds. The molecule has 1 N–H and O–H groups in total. The molecule has 0 heterocycles. The van der Waals surface area contributed by atoms with Gasteiger partial charge in [-0.2, -0.15) is 0 Å². The summed E-state index contributed by atoms with van der Waals surface area (Å²) in [5.41, 5.74) is 0.355. The molecule has 1 aromatic carbocycles. The van der Waals surface area contributed by atoms with Crippen molar-refractivity contribution in [3.05, 3.63) is 35.4 Å². The average Bonchev–Trinajstić information content (AvgIpc) is 2.45. The van der Waals surface area contributed by atoms with E-state index in [1.165, 1.54) is 6.07 Å². The van der Waals surface area contributed by atoms with Crippen LogP contribution >= 0.6 is 0 Å². The van der Waals surface area contributed by atoms with E-state index in [4.69, 9.17) is 9.47 Å². The quantitative estimate of drug-likeness (QED) is 0.671. The maximum absolute atomic E-state index is 13.8. The minimum absolute atomic E-state index is 0.242. The third kappa shape index (κ3) is 5.53. The van der Waals surface area contributed by atoms with Gasteiger partial charge in [-0.3, -0.25) is 0 Å². The number of hydrogen-bond acceptors (Lipinski definition) is 3. The first-order chi connectivity index (χ1) is 9.70. The van der Waals surface area contributed by atoms with Crippen molar-refractivity contribution in [2.45, 2.75) is 25.8 Å². The number of nitrogens with one attached hydrogen (secondary N) is 1. The molecule has 0 aliphatic heterocycles. The fourth-order valence-corrected chi connectivity index (χ4v) is 1.92. The van der Waals surface area contributed by atoms with Crippen LogP contribution in [-0.4, -0.2) is 33.5 Å². The van der Waals surface area contributed by atoms with E-state index in [0.717, 1.165) is 19.0 Å². The molecule has 0 aliphatic rings. The molecule has 1 unspecified atom stereocenters. The summed E-state index contributed by atoms with van der Waals surface area (Å²) in [5.74, 6) is -1.59. The first kappa shape index (κ1) is 17.0. The molecule has 0 fully saturated rings. The van der Waals surface area contributed by atoms with Crippen LogP contribution in [0.15, 0.2) is 18.2 Å². The fourth-order valence-electron chi connectivity index (χ4n) is 1.92. The highest BCUT2D eigenvalue weighted by Gasteiger charge is 2.17. The first-order valence-corrected chi connectivity index (χ1v) is 6.94. The van der Waals surface area contributed by atoms with Gasteiger partial charge in [0.2, 0.25) is 0 Å². The zero-order valence-electron chi connectivity index (χ0n) is 12.1. The van der Waals surface area contributed by atoms with Crippen LogP contribution in [0.25, 0.3) is 0 Å². The summed E-state index contributed by atoms with van der Waals surface area (Å²) >= 11 is 0. The Morgan fingerprint density at radius 3 is 2.70 bits per heavy atom. The summed E-state index contributed by atoms with van der Waals surface area (Å²) in [4.78, 5) is 0. The van der Waals surface area contributed by atoms with Crippen LogP contribution in [0.3, 0.4) is 0 Å². The molecule has 1 aromatic rings. The number of methoxy groups -OCH3 is 1. The van der Waals surface area contributed by atoms with Crippen molar-refractivity contribution in [3.63, 3.8) is 0 Å². The topological polar surface area (TPSA) is 30.5 Å². The summed E-state index contributed by atoms with van der Waals surface area (Å²) in [6.07, 6.45) is 1.52. The molecule has 3 nitrogen and oxygen atoms in total. The molecule has 0 radical (unpaired) electrons. The van der Waals surface area contributed by atoms with E-state index < -0.39 is 11.6 Å². The highest BCUT2D eigenvalue weighted by atomic mass is 19.2. The highest BCUT2D eigenvalue weighted by molar-refractivity contribution is 5.22.